The molecule has 1 aliphatic rings. The van der Waals surface area contributed by atoms with Gasteiger partial charge in [0.25, 0.3) is 5.91 Å². The van der Waals surface area contributed by atoms with Crippen LogP contribution >= 0.6 is 0 Å². The van der Waals surface area contributed by atoms with E-state index in [2.05, 4.69) is 51.0 Å². The van der Waals surface area contributed by atoms with Crippen molar-refractivity contribution in [1.29, 1.82) is 0 Å². The third kappa shape index (κ3) is 2.74. The summed E-state index contributed by atoms with van der Waals surface area (Å²) >= 11 is 0. The van der Waals surface area contributed by atoms with Crippen LogP contribution in [0.15, 0.2) is 42.7 Å². The van der Waals surface area contributed by atoms with Crippen molar-refractivity contribution in [3.8, 4) is 0 Å². The van der Waals surface area contributed by atoms with Crippen molar-refractivity contribution in [2.75, 3.05) is 0 Å². The largest absolute Gasteiger partial charge is 0.361 e. The standard InChI is InChI=1S/C18H20N4O/c23-18(17-8-9-20-22-17)21-13-5-3-4-12(10-13)15-11-19-16-7-2-1-6-14(15)16/h1-2,6-9,11-13,19H,3-5,10H2,(H,20,22)(H,21,23)/t12-,13+/m1/s1. The van der Waals surface area contributed by atoms with Crippen molar-refractivity contribution < 1.29 is 4.79 Å². The van der Waals surface area contributed by atoms with Crippen LogP contribution in [-0.4, -0.2) is 27.1 Å². The Morgan fingerprint density at radius 2 is 2.13 bits per heavy atom. The molecule has 4 rings (SSSR count). The third-order valence-corrected chi connectivity index (χ3v) is 4.82. The molecule has 1 saturated carbocycles. The van der Waals surface area contributed by atoms with E-state index in [0.29, 0.717) is 11.6 Å². The number of H-pyrrole nitrogens is 2. The number of benzene rings is 1. The zero-order valence-electron chi connectivity index (χ0n) is 12.9. The summed E-state index contributed by atoms with van der Waals surface area (Å²) in [5, 5.41) is 11.0. The molecule has 1 amide bonds. The van der Waals surface area contributed by atoms with Crippen LogP contribution in [0.25, 0.3) is 10.9 Å². The fourth-order valence-corrected chi connectivity index (χ4v) is 3.68. The molecule has 0 saturated heterocycles. The number of hydrogen-bond donors (Lipinski definition) is 3. The normalized spacial score (nSPS) is 21.4. The van der Waals surface area contributed by atoms with Gasteiger partial charge in [0.15, 0.2) is 0 Å². The summed E-state index contributed by atoms with van der Waals surface area (Å²) in [5.74, 6) is 0.430. The molecule has 5 heteroatoms. The van der Waals surface area contributed by atoms with Gasteiger partial charge in [-0.05, 0) is 42.9 Å². The molecule has 5 nitrogen and oxygen atoms in total. The number of fused-ring (bicyclic) bond motifs is 1. The van der Waals surface area contributed by atoms with Gasteiger partial charge in [-0.2, -0.15) is 5.10 Å². The van der Waals surface area contributed by atoms with Crippen molar-refractivity contribution >= 4 is 16.8 Å². The monoisotopic (exact) mass is 308 g/mol. The molecule has 1 aromatic carbocycles. The van der Waals surface area contributed by atoms with Crippen LogP contribution < -0.4 is 5.32 Å². The lowest BCUT2D eigenvalue weighted by Crippen LogP contribution is -2.38. The molecule has 118 valence electrons. The number of rotatable bonds is 3. The highest BCUT2D eigenvalue weighted by Gasteiger charge is 2.26. The number of amides is 1. The lowest BCUT2D eigenvalue weighted by Gasteiger charge is -2.29. The maximum atomic E-state index is 12.2. The SMILES string of the molecule is O=C(N[C@H]1CCC[C@@H](c2c[nH]c3ccccc23)C1)c1ccn[nH]1. The second-order valence-electron chi connectivity index (χ2n) is 6.29. The summed E-state index contributed by atoms with van der Waals surface area (Å²) in [6.45, 7) is 0. The Bertz CT molecular complexity index is 805. The van der Waals surface area contributed by atoms with Crippen LogP contribution in [0.1, 0.15) is 47.7 Å². The molecule has 1 fully saturated rings. The summed E-state index contributed by atoms with van der Waals surface area (Å²) in [6.07, 6.45) is 8.08. The quantitative estimate of drug-likeness (QED) is 0.694. The highest BCUT2D eigenvalue weighted by Crippen LogP contribution is 2.36. The van der Waals surface area contributed by atoms with Gasteiger partial charge in [-0.3, -0.25) is 9.89 Å². The smallest absolute Gasteiger partial charge is 0.269 e. The molecule has 0 bridgehead atoms. The first-order valence-electron chi connectivity index (χ1n) is 8.17. The molecule has 2 aromatic heterocycles. The molecule has 3 aromatic rings. The zero-order valence-corrected chi connectivity index (χ0v) is 12.9. The number of nitrogens with one attached hydrogen (secondary N) is 3. The van der Waals surface area contributed by atoms with Crippen molar-refractivity contribution in [3.63, 3.8) is 0 Å². The molecule has 0 spiro atoms. The lowest BCUT2D eigenvalue weighted by molar-refractivity contribution is 0.0920. The number of carbonyl (C=O) groups is 1. The minimum atomic E-state index is -0.0629. The molecule has 0 radical (unpaired) electrons. The summed E-state index contributed by atoms with van der Waals surface area (Å²) in [4.78, 5) is 15.6. The van der Waals surface area contributed by atoms with Gasteiger partial charge in [0.2, 0.25) is 0 Å². The van der Waals surface area contributed by atoms with Crippen LogP contribution in [0, 0.1) is 0 Å². The third-order valence-electron chi connectivity index (χ3n) is 4.82. The number of nitrogens with zero attached hydrogens (tertiary/aromatic N) is 1. The Kier molecular flexibility index (Phi) is 3.61. The molecule has 2 heterocycles. The van der Waals surface area contributed by atoms with Crippen LogP contribution in [0.3, 0.4) is 0 Å². The maximum absolute atomic E-state index is 12.2. The van der Waals surface area contributed by atoms with Crippen molar-refractivity contribution in [1.82, 2.24) is 20.5 Å². The molecule has 2 atom stereocenters. The van der Waals surface area contributed by atoms with Gasteiger partial charge in [-0.15, -0.1) is 0 Å². The van der Waals surface area contributed by atoms with E-state index in [1.807, 2.05) is 0 Å². The predicted octanol–water partition coefficient (Wildman–Crippen LogP) is 3.35. The topological polar surface area (TPSA) is 73.6 Å². The van der Waals surface area contributed by atoms with E-state index in [0.717, 1.165) is 19.3 Å². The van der Waals surface area contributed by atoms with Crippen LogP contribution in [0.5, 0.6) is 0 Å². The maximum Gasteiger partial charge on any atom is 0.269 e. The number of carbonyl (C=O) groups excluding carboxylic acids is 1. The fourth-order valence-electron chi connectivity index (χ4n) is 3.68. The van der Waals surface area contributed by atoms with Gasteiger partial charge < -0.3 is 10.3 Å². The lowest BCUT2D eigenvalue weighted by atomic mass is 9.81. The van der Waals surface area contributed by atoms with E-state index < -0.39 is 0 Å². The van der Waals surface area contributed by atoms with E-state index in [9.17, 15) is 4.79 Å². The van der Waals surface area contributed by atoms with E-state index >= 15 is 0 Å². The molecule has 1 aliphatic carbocycles. The van der Waals surface area contributed by atoms with Gasteiger partial charge in [0.1, 0.15) is 5.69 Å². The van der Waals surface area contributed by atoms with Crippen LogP contribution in [-0.2, 0) is 0 Å². The number of aromatic amines is 2. The molecule has 3 N–H and O–H groups in total. The number of hydrogen-bond acceptors (Lipinski definition) is 2. The molecule has 0 aliphatic heterocycles. The Morgan fingerprint density at radius 1 is 1.22 bits per heavy atom. The second kappa shape index (κ2) is 5.91. The number of aromatic nitrogens is 3. The fraction of sp³-hybridized carbons (Fsp3) is 0.333. The van der Waals surface area contributed by atoms with Gasteiger partial charge in [0.05, 0.1) is 0 Å². The molecular formula is C18H20N4O. The van der Waals surface area contributed by atoms with Gasteiger partial charge in [-0.1, -0.05) is 24.6 Å². The summed E-state index contributed by atoms with van der Waals surface area (Å²) in [5.41, 5.74) is 3.09. The van der Waals surface area contributed by atoms with Crippen LogP contribution in [0.2, 0.25) is 0 Å². The minimum absolute atomic E-state index is 0.0629. The van der Waals surface area contributed by atoms with E-state index in [-0.39, 0.29) is 11.9 Å². The summed E-state index contributed by atoms with van der Waals surface area (Å²) in [7, 11) is 0. The first-order chi connectivity index (χ1) is 11.3. The Labute approximate surface area is 134 Å². The van der Waals surface area contributed by atoms with E-state index in [4.69, 9.17) is 0 Å². The van der Waals surface area contributed by atoms with Crippen molar-refractivity contribution in [3.05, 3.63) is 54.0 Å². The van der Waals surface area contributed by atoms with Crippen molar-refractivity contribution in [2.24, 2.45) is 0 Å². The second-order valence-corrected chi connectivity index (χ2v) is 6.29. The highest BCUT2D eigenvalue weighted by molar-refractivity contribution is 5.92. The number of para-hydroxylation sites is 1. The van der Waals surface area contributed by atoms with Crippen molar-refractivity contribution in [2.45, 2.75) is 37.6 Å². The minimum Gasteiger partial charge on any atom is -0.361 e. The van der Waals surface area contributed by atoms with Gasteiger partial charge in [-0.25, -0.2) is 0 Å². The zero-order chi connectivity index (χ0) is 15.6. The first kappa shape index (κ1) is 14.1. The first-order valence-corrected chi connectivity index (χ1v) is 8.17. The molecule has 0 unspecified atom stereocenters. The predicted molar refractivity (Wildman–Crippen MR) is 89.3 cm³/mol. The summed E-state index contributed by atoms with van der Waals surface area (Å²) < 4.78 is 0. The molecule has 23 heavy (non-hydrogen) atoms. The Morgan fingerprint density at radius 3 is 3.00 bits per heavy atom. The summed E-state index contributed by atoms with van der Waals surface area (Å²) in [6, 6.07) is 10.3. The average molecular weight is 308 g/mol. The van der Waals surface area contributed by atoms with Gasteiger partial charge >= 0.3 is 0 Å². The Balaban J connectivity index is 1.50. The van der Waals surface area contributed by atoms with Gasteiger partial charge in [0, 0.05) is 29.3 Å². The molecular weight excluding hydrogens is 288 g/mol. The Hall–Kier alpha value is -2.56. The van der Waals surface area contributed by atoms with E-state index in [1.54, 1.807) is 12.3 Å². The highest BCUT2D eigenvalue weighted by atomic mass is 16.2. The van der Waals surface area contributed by atoms with Crippen LogP contribution in [0.4, 0.5) is 0 Å². The average Bonchev–Trinajstić information content (AvgIpc) is 3.25. The van der Waals surface area contributed by atoms with E-state index in [1.165, 1.54) is 22.9 Å².